The summed E-state index contributed by atoms with van der Waals surface area (Å²) in [5.74, 6) is 0.160. The SMILES string of the molecule is CN1CCN(N2Cc3ccc(F)cc3C2=N)CC1. The van der Waals surface area contributed by atoms with Crippen molar-refractivity contribution in [2.24, 2.45) is 0 Å². The number of benzene rings is 1. The Labute approximate surface area is 106 Å². The summed E-state index contributed by atoms with van der Waals surface area (Å²) in [4.78, 5) is 2.28. The van der Waals surface area contributed by atoms with Crippen LogP contribution in [0.25, 0.3) is 0 Å². The second-order valence-corrected chi connectivity index (χ2v) is 4.96. The molecule has 3 rings (SSSR count). The molecule has 0 amide bonds. The van der Waals surface area contributed by atoms with Crippen LogP contribution in [-0.2, 0) is 6.54 Å². The molecule has 2 heterocycles. The molecule has 0 radical (unpaired) electrons. The predicted octanol–water partition coefficient (Wildman–Crippen LogP) is 1.13. The van der Waals surface area contributed by atoms with Gasteiger partial charge in [-0.1, -0.05) is 6.07 Å². The highest BCUT2D eigenvalue weighted by Gasteiger charge is 2.30. The molecular weight excluding hydrogens is 231 g/mol. The van der Waals surface area contributed by atoms with Gasteiger partial charge < -0.3 is 4.90 Å². The smallest absolute Gasteiger partial charge is 0.143 e. The van der Waals surface area contributed by atoms with Gasteiger partial charge in [0.15, 0.2) is 0 Å². The molecule has 1 N–H and O–H groups in total. The molecule has 0 spiro atoms. The maximum absolute atomic E-state index is 13.2. The van der Waals surface area contributed by atoms with Gasteiger partial charge in [0.05, 0.1) is 6.54 Å². The molecule has 0 atom stereocenters. The summed E-state index contributed by atoms with van der Waals surface area (Å²) in [5.41, 5.74) is 1.77. The molecule has 2 aliphatic rings. The highest BCUT2D eigenvalue weighted by Crippen LogP contribution is 2.25. The number of piperazine rings is 1. The average Bonchev–Trinajstić information content (AvgIpc) is 2.68. The molecule has 1 aromatic carbocycles. The summed E-state index contributed by atoms with van der Waals surface area (Å²) < 4.78 is 13.2. The second kappa shape index (κ2) is 4.33. The number of rotatable bonds is 1. The molecule has 96 valence electrons. The summed E-state index contributed by atoms with van der Waals surface area (Å²) in [7, 11) is 2.11. The zero-order valence-electron chi connectivity index (χ0n) is 10.5. The van der Waals surface area contributed by atoms with Gasteiger partial charge in [0, 0.05) is 31.7 Å². The molecule has 2 aliphatic heterocycles. The standard InChI is InChI=1S/C13H17FN4/c1-16-4-6-17(7-5-16)18-9-10-2-3-11(14)8-12(10)13(18)15/h2-3,8,15H,4-7,9H2,1H3. The van der Waals surface area contributed by atoms with Crippen LogP contribution in [0.4, 0.5) is 4.39 Å². The number of amidine groups is 1. The van der Waals surface area contributed by atoms with Crippen molar-refractivity contribution in [1.82, 2.24) is 14.9 Å². The number of hydrogen-bond donors (Lipinski definition) is 1. The number of likely N-dealkylation sites (N-methyl/N-ethyl adjacent to an activating group) is 1. The first kappa shape index (κ1) is 11.6. The summed E-state index contributed by atoms with van der Waals surface area (Å²) >= 11 is 0. The Balaban J connectivity index is 1.80. The fourth-order valence-corrected chi connectivity index (χ4v) is 2.57. The van der Waals surface area contributed by atoms with Gasteiger partial charge in [-0.2, -0.15) is 0 Å². The monoisotopic (exact) mass is 248 g/mol. The molecule has 1 fully saturated rings. The lowest BCUT2D eigenvalue weighted by Crippen LogP contribution is -2.52. The summed E-state index contributed by atoms with van der Waals surface area (Å²) in [6.45, 7) is 4.56. The largest absolute Gasteiger partial charge is 0.304 e. The van der Waals surface area contributed by atoms with E-state index in [-0.39, 0.29) is 5.82 Å². The molecule has 0 saturated carbocycles. The minimum Gasteiger partial charge on any atom is -0.304 e. The second-order valence-electron chi connectivity index (χ2n) is 4.96. The van der Waals surface area contributed by atoms with E-state index < -0.39 is 0 Å². The predicted molar refractivity (Wildman–Crippen MR) is 67.8 cm³/mol. The zero-order valence-corrected chi connectivity index (χ0v) is 10.5. The van der Waals surface area contributed by atoms with Crippen molar-refractivity contribution in [3.8, 4) is 0 Å². The quantitative estimate of drug-likeness (QED) is 0.809. The van der Waals surface area contributed by atoms with E-state index in [0.29, 0.717) is 12.4 Å². The van der Waals surface area contributed by atoms with Crippen molar-refractivity contribution in [3.63, 3.8) is 0 Å². The van der Waals surface area contributed by atoms with Crippen LogP contribution >= 0.6 is 0 Å². The molecule has 1 saturated heterocycles. The Bertz CT molecular complexity index is 480. The van der Waals surface area contributed by atoms with Gasteiger partial charge in [0.1, 0.15) is 11.7 Å². The fourth-order valence-electron chi connectivity index (χ4n) is 2.57. The minimum absolute atomic E-state index is 0.265. The molecule has 4 nitrogen and oxygen atoms in total. The van der Waals surface area contributed by atoms with Crippen molar-refractivity contribution in [1.29, 1.82) is 5.41 Å². The van der Waals surface area contributed by atoms with E-state index in [0.717, 1.165) is 37.3 Å². The van der Waals surface area contributed by atoms with E-state index in [2.05, 4.69) is 17.0 Å². The van der Waals surface area contributed by atoms with Crippen molar-refractivity contribution in [2.45, 2.75) is 6.54 Å². The fraction of sp³-hybridized carbons (Fsp3) is 0.462. The number of fused-ring (bicyclic) bond motifs is 1. The van der Waals surface area contributed by atoms with Crippen LogP contribution in [-0.4, -0.2) is 54.0 Å². The third kappa shape index (κ3) is 1.89. The Kier molecular flexibility index (Phi) is 2.80. The Morgan fingerprint density at radius 3 is 2.61 bits per heavy atom. The first-order valence-corrected chi connectivity index (χ1v) is 6.23. The lowest BCUT2D eigenvalue weighted by Gasteiger charge is -2.38. The van der Waals surface area contributed by atoms with Gasteiger partial charge in [0.2, 0.25) is 0 Å². The summed E-state index contributed by atoms with van der Waals surface area (Å²) in [6, 6.07) is 4.72. The molecule has 0 bridgehead atoms. The molecule has 1 aromatic rings. The van der Waals surface area contributed by atoms with E-state index in [1.807, 2.05) is 5.01 Å². The van der Waals surface area contributed by atoms with Gasteiger partial charge in [-0.3, -0.25) is 10.4 Å². The number of hydrazine groups is 1. The molecule has 18 heavy (non-hydrogen) atoms. The van der Waals surface area contributed by atoms with Gasteiger partial charge in [0.25, 0.3) is 0 Å². The van der Waals surface area contributed by atoms with Crippen molar-refractivity contribution in [2.75, 3.05) is 33.2 Å². The van der Waals surface area contributed by atoms with Gasteiger partial charge in [-0.25, -0.2) is 9.40 Å². The zero-order chi connectivity index (χ0) is 12.7. The number of halogens is 1. The third-order valence-electron chi connectivity index (χ3n) is 3.73. The topological polar surface area (TPSA) is 33.6 Å². The number of hydrogen-bond acceptors (Lipinski definition) is 3. The average molecular weight is 248 g/mol. The van der Waals surface area contributed by atoms with Crippen LogP contribution < -0.4 is 0 Å². The van der Waals surface area contributed by atoms with Crippen molar-refractivity contribution in [3.05, 3.63) is 35.1 Å². The molecular formula is C13H17FN4. The third-order valence-corrected chi connectivity index (χ3v) is 3.73. The Morgan fingerprint density at radius 1 is 1.17 bits per heavy atom. The van der Waals surface area contributed by atoms with Crippen molar-refractivity contribution >= 4 is 5.84 Å². The van der Waals surface area contributed by atoms with Crippen LogP contribution in [0.1, 0.15) is 11.1 Å². The molecule has 5 heteroatoms. The highest BCUT2D eigenvalue weighted by molar-refractivity contribution is 5.99. The molecule has 0 aliphatic carbocycles. The van der Waals surface area contributed by atoms with E-state index >= 15 is 0 Å². The normalized spacial score (nSPS) is 21.4. The van der Waals surface area contributed by atoms with Gasteiger partial charge >= 0.3 is 0 Å². The molecule has 0 aromatic heterocycles. The van der Waals surface area contributed by atoms with Crippen LogP contribution in [0, 0.1) is 11.2 Å². The maximum atomic E-state index is 13.2. The lowest BCUT2D eigenvalue weighted by atomic mass is 10.1. The first-order chi connectivity index (χ1) is 8.65. The minimum atomic E-state index is -0.265. The Hall–Kier alpha value is -1.46. The van der Waals surface area contributed by atoms with Crippen LogP contribution in [0.5, 0.6) is 0 Å². The van der Waals surface area contributed by atoms with E-state index in [1.165, 1.54) is 12.1 Å². The van der Waals surface area contributed by atoms with E-state index in [4.69, 9.17) is 5.41 Å². The van der Waals surface area contributed by atoms with Crippen molar-refractivity contribution < 1.29 is 4.39 Å². The maximum Gasteiger partial charge on any atom is 0.143 e. The Morgan fingerprint density at radius 2 is 1.89 bits per heavy atom. The van der Waals surface area contributed by atoms with Crippen LogP contribution in [0.2, 0.25) is 0 Å². The number of nitrogens with one attached hydrogen (secondary N) is 1. The van der Waals surface area contributed by atoms with Crippen LogP contribution in [0.15, 0.2) is 18.2 Å². The van der Waals surface area contributed by atoms with Crippen LogP contribution in [0.3, 0.4) is 0 Å². The first-order valence-electron chi connectivity index (χ1n) is 6.23. The summed E-state index contributed by atoms with van der Waals surface area (Å²) in [5, 5.41) is 12.3. The van der Waals surface area contributed by atoms with E-state index in [1.54, 1.807) is 6.07 Å². The number of nitrogens with zero attached hydrogens (tertiary/aromatic N) is 3. The highest BCUT2D eigenvalue weighted by atomic mass is 19.1. The lowest BCUT2D eigenvalue weighted by molar-refractivity contribution is 0.00113. The summed E-state index contributed by atoms with van der Waals surface area (Å²) in [6.07, 6.45) is 0. The molecule has 0 unspecified atom stereocenters. The van der Waals surface area contributed by atoms with E-state index in [9.17, 15) is 4.39 Å². The van der Waals surface area contributed by atoms with Gasteiger partial charge in [-0.15, -0.1) is 0 Å². The van der Waals surface area contributed by atoms with Gasteiger partial charge in [-0.05, 0) is 24.7 Å².